The number of nitrogens with zero attached hydrogens (tertiary/aromatic N) is 2. The Morgan fingerprint density at radius 2 is 2.06 bits per heavy atom. The van der Waals surface area contributed by atoms with Crippen LogP contribution in [0.5, 0.6) is 0 Å². The topological polar surface area (TPSA) is 87.5 Å². The molecule has 1 aliphatic heterocycles. The number of anilines is 1. The lowest BCUT2D eigenvalue weighted by atomic mass is 10.1. The molecule has 7 heteroatoms. The molecule has 3 aromatic rings. The third-order valence-corrected chi connectivity index (χ3v) is 5.78. The summed E-state index contributed by atoms with van der Waals surface area (Å²) in [6.07, 6.45) is 6.54. The average molecular weight is 463 g/mol. The van der Waals surface area contributed by atoms with Crippen molar-refractivity contribution in [2.45, 2.75) is 53.1 Å². The summed E-state index contributed by atoms with van der Waals surface area (Å²) in [6.45, 7) is 9.01. The summed E-state index contributed by atoms with van der Waals surface area (Å²) in [6, 6.07) is 9.65. The van der Waals surface area contributed by atoms with Gasteiger partial charge in [-0.3, -0.25) is 9.59 Å². The highest BCUT2D eigenvalue weighted by Crippen LogP contribution is 2.27. The lowest BCUT2D eigenvalue weighted by molar-refractivity contribution is -0.125. The second kappa shape index (κ2) is 11.6. The SMILES string of the molecule is CC.CCc1c(CN(C)C(=O)/C=C/c2cnc3c(c2)CCNC(C)C(=O)N3)oc2ccccc12. The Balaban J connectivity index is 0.00000158. The van der Waals surface area contributed by atoms with Crippen molar-refractivity contribution in [2.24, 2.45) is 0 Å². The average Bonchev–Trinajstić information content (AvgIpc) is 3.20. The molecule has 180 valence electrons. The van der Waals surface area contributed by atoms with Crippen LogP contribution in [0.1, 0.15) is 50.1 Å². The molecule has 0 fully saturated rings. The summed E-state index contributed by atoms with van der Waals surface area (Å²) in [7, 11) is 1.76. The zero-order valence-electron chi connectivity index (χ0n) is 20.6. The van der Waals surface area contributed by atoms with E-state index < -0.39 is 0 Å². The Kier molecular flexibility index (Phi) is 8.60. The van der Waals surface area contributed by atoms with Crippen LogP contribution in [-0.4, -0.2) is 41.3 Å². The zero-order chi connectivity index (χ0) is 24.7. The number of pyridine rings is 1. The van der Waals surface area contributed by atoms with E-state index in [0.29, 0.717) is 18.9 Å². The van der Waals surface area contributed by atoms with Crippen LogP contribution < -0.4 is 10.6 Å². The van der Waals surface area contributed by atoms with Gasteiger partial charge in [-0.05, 0) is 49.1 Å². The van der Waals surface area contributed by atoms with Crippen LogP contribution in [0, 0.1) is 0 Å². The number of amides is 2. The van der Waals surface area contributed by atoms with Crippen molar-refractivity contribution < 1.29 is 14.0 Å². The van der Waals surface area contributed by atoms with Crippen molar-refractivity contribution in [3.05, 3.63) is 65.1 Å². The fourth-order valence-corrected chi connectivity index (χ4v) is 3.92. The number of nitrogens with one attached hydrogen (secondary N) is 2. The number of carbonyl (C=O) groups excluding carboxylic acids is 2. The number of fused-ring (bicyclic) bond motifs is 2. The van der Waals surface area contributed by atoms with E-state index in [1.165, 1.54) is 0 Å². The van der Waals surface area contributed by atoms with Gasteiger partial charge in [-0.2, -0.15) is 0 Å². The quantitative estimate of drug-likeness (QED) is 0.543. The Bertz CT molecular complexity index is 1180. The van der Waals surface area contributed by atoms with Crippen LogP contribution >= 0.6 is 0 Å². The Morgan fingerprint density at radius 1 is 1.29 bits per heavy atom. The largest absolute Gasteiger partial charge is 0.459 e. The molecule has 34 heavy (non-hydrogen) atoms. The lowest BCUT2D eigenvalue weighted by Gasteiger charge is -2.19. The van der Waals surface area contributed by atoms with Gasteiger partial charge in [0, 0.05) is 36.8 Å². The first-order chi connectivity index (χ1) is 16.5. The standard InChI is InChI=1S/C25H28N4O3.C2H6/c1-4-19-20-7-5-6-8-21(20)32-22(19)15-29(3)23(30)10-9-17-13-18-11-12-26-16(2)25(31)28-24(18)27-14-17;1-2/h5-10,13-14,16,26H,4,11-12,15H2,1-3H3,(H,27,28,31);1-2H3/b10-9+;. The molecule has 0 bridgehead atoms. The van der Waals surface area contributed by atoms with Crippen LogP contribution in [-0.2, 0) is 29.0 Å². The fraction of sp³-hybridized carbons (Fsp3) is 0.370. The highest BCUT2D eigenvalue weighted by molar-refractivity contribution is 5.95. The van der Waals surface area contributed by atoms with Gasteiger partial charge in [-0.25, -0.2) is 4.98 Å². The predicted molar refractivity (Wildman–Crippen MR) is 136 cm³/mol. The number of aromatic nitrogens is 1. The smallest absolute Gasteiger partial charge is 0.246 e. The molecule has 4 rings (SSSR count). The Morgan fingerprint density at radius 3 is 2.82 bits per heavy atom. The monoisotopic (exact) mass is 462 g/mol. The molecule has 2 amide bonds. The highest BCUT2D eigenvalue weighted by atomic mass is 16.3. The van der Waals surface area contributed by atoms with E-state index in [1.54, 1.807) is 30.3 Å². The lowest BCUT2D eigenvalue weighted by Crippen LogP contribution is -2.41. The number of para-hydroxylation sites is 1. The first kappa shape index (κ1) is 25.2. The van der Waals surface area contributed by atoms with E-state index >= 15 is 0 Å². The van der Waals surface area contributed by atoms with Crippen molar-refractivity contribution in [3.8, 4) is 0 Å². The molecule has 0 aliphatic carbocycles. The van der Waals surface area contributed by atoms with Gasteiger partial charge in [0.1, 0.15) is 17.2 Å². The van der Waals surface area contributed by atoms with Crippen LogP contribution in [0.2, 0.25) is 0 Å². The van der Waals surface area contributed by atoms with Gasteiger partial charge in [0.15, 0.2) is 0 Å². The summed E-state index contributed by atoms with van der Waals surface area (Å²) in [5.74, 6) is 1.18. The predicted octanol–water partition coefficient (Wildman–Crippen LogP) is 4.56. The number of aryl methyl sites for hydroxylation is 1. The summed E-state index contributed by atoms with van der Waals surface area (Å²) in [4.78, 5) is 30.8. The maximum absolute atomic E-state index is 12.7. The van der Waals surface area contributed by atoms with Crippen molar-refractivity contribution >= 4 is 34.7 Å². The third-order valence-electron chi connectivity index (χ3n) is 5.78. The minimum atomic E-state index is -0.252. The van der Waals surface area contributed by atoms with Gasteiger partial charge < -0.3 is 20.0 Å². The molecule has 0 spiro atoms. The number of hydrogen-bond acceptors (Lipinski definition) is 5. The van der Waals surface area contributed by atoms with E-state index in [0.717, 1.165) is 46.3 Å². The first-order valence-corrected chi connectivity index (χ1v) is 11.9. The molecular weight excluding hydrogens is 428 g/mol. The summed E-state index contributed by atoms with van der Waals surface area (Å²) in [5.41, 5.74) is 3.74. The minimum Gasteiger partial charge on any atom is -0.459 e. The van der Waals surface area contributed by atoms with E-state index in [-0.39, 0.29) is 17.9 Å². The van der Waals surface area contributed by atoms with E-state index in [2.05, 4.69) is 28.6 Å². The summed E-state index contributed by atoms with van der Waals surface area (Å²) >= 11 is 0. The molecular formula is C27H34N4O3. The first-order valence-electron chi connectivity index (χ1n) is 11.9. The normalized spacial score (nSPS) is 15.7. The van der Waals surface area contributed by atoms with Gasteiger partial charge >= 0.3 is 0 Å². The molecule has 2 N–H and O–H groups in total. The Hall–Kier alpha value is -3.45. The molecule has 0 radical (unpaired) electrons. The van der Waals surface area contributed by atoms with Crippen molar-refractivity contribution in [1.82, 2.24) is 15.2 Å². The van der Waals surface area contributed by atoms with Gasteiger partial charge in [0.25, 0.3) is 0 Å². The number of rotatable bonds is 5. The molecule has 0 saturated heterocycles. The van der Waals surface area contributed by atoms with Crippen molar-refractivity contribution in [1.29, 1.82) is 0 Å². The second-order valence-corrected chi connectivity index (χ2v) is 8.07. The maximum atomic E-state index is 12.7. The van der Waals surface area contributed by atoms with E-state index in [9.17, 15) is 9.59 Å². The van der Waals surface area contributed by atoms with Crippen LogP contribution in [0.3, 0.4) is 0 Å². The molecule has 7 nitrogen and oxygen atoms in total. The van der Waals surface area contributed by atoms with Gasteiger partial charge in [-0.1, -0.05) is 39.0 Å². The van der Waals surface area contributed by atoms with Crippen LogP contribution in [0.25, 0.3) is 17.0 Å². The van der Waals surface area contributed by atoms with Gasteiger partial charge in [0.2, 0.25) is 11.8 Å². The fourth-order valence-electron chi connectivity index (χ4n) is 3.92. The number of hydrogen-bond donors (Lipinski definition) is 2. The summed E-state index contributed by atoms with van der Waals surface area (Å²) in [5, 5.41) is 7.12. The summed E-state index contributed by atoms with van der Waals surface area (Å²) < 4.78 is 6.01. The number of furan rings is 1. The van der Waals surface area contributed by atoms with E-state index in [1.807, 2.05) is 45.0 Å². The molecule has 1 aromatic carbocycles. The van der Waals surface area contributed by atoms with Gasteiger partial charge in [-0.15, -0.1) is 0 Å². The minimum absolute atomic E-state index is 0.101. The molecule has 3 heterocycles. The van der Waals surface area contributed by atoms with Crippen molar-refractivity contribution in [2.75, 3.05) is 18.9 Å². The van der Waals surface area contributed by atoms with Gasteiger partial charge in [0.05, 0.1) is 12.6 Å². The van der Waals surface area contributed by atoms with Crippen LogP contribution in [0.15, 0.2) is 47.0 Å². The molecule has 0 saturated carbocycles. The third kappa shape index (κ3) is 5.72. The van der Waals surface area contributed by atoms with Crippen molar-refractivity contribution in [3.63, 3.8) is 0 Å². The number of carbonyl (C=O) groups is 2. The molecule has 1 atom stereocenters. The Labute approximate surface area is 201 Å². The molecule has 1 aliphatic rings. The zero-order valence-corrected chi connectivity index (χ0v) is 20.6. The molecule has 2 aromatic heterocycles. The maximum Gasteiger partial charge on any atom is 0.246 e. The number of likely N-dealkylation sites (N-methyl/N-ethyl adjacent to an activating group) is 1. The highest BCUT2D eigenvalue weighted by Gasteiger charge is 2.19. The van der Waals surface area contributed by atoms with E-state index in [4.69, 9.17) is 4.42 Å². The number of benzene rings is 1. The van der Waals surface area contributed by atoms with Crippen LogP contribution in [0.4, 0.5) is 5.82 Å². The molecule has 1 unspecified atom stereocenters. The second-order valence-electron chi connectivity index (χ2n) is 8.07.